The van der Waals surface area contributed by atoms with Gasteiger partial charge in [-0.3, -0.25) is 14.5 Å². The van der Waals surface area contributed by atoms with E-state index < -0.39 is 0 Å². The van der Waals surface area contributed by atoms with Crippen molar-refractivity contribution in [3.05, 3.63) is 95.1 Å². The van der Waals surface area contributed by atoms with Gasteiger partial charge in [-0.05, 0) is 73.8 Å². The van der Waals surface area contributed by atoms with Crippen LogP contribution in [0.5, 0.6) is 0 Å². The average Bonchev–Trinajstić information content (AvgIpc) is 3.30. The predicted molar refractivity (Wildman–Crippen MR) is 159 cm³/mol. The van der Waals surface area contributed by atoms with Gasteiger partial charge in [0.2, 0.25) is 0 Å². The topological polar surface area (TPSA) is 64.7 Å². The summed E-state index contributed by atoms with van der Waals surface area (Å²) < 4.78 is 0. The molecule has 5 rings (SSSR count). The molecule has 3 aromatic carbocycles. The highest BCUT2D eigenvalue weighted by Crippen LogP contribution is 2.38. The zero-order valence-electron chi connectivity index (χ0n) is 23.0. The molecule has 2 heterocycles. The average molecular weight is 523 g/mol. The summed E-state index contributed by atoms with van der Waals surface area (Å²) in [5.41, 5.74) is 6.41. The molecule has 0 saturated carbocycles. The van der Waals surface area contributed by atoms with Gasteiger partial charge in [0.05, 0.1) is 11.3 Å². The molecule has 2 aliphatic rings. The number of anilines is 2. The van der Waals surface area contributed by atoms with Crippen molar-refractivity contribution in [2.24, 2.45) is 0 Å². The quantitative estimate of drug-likeness (QED) is 0.316. The highest BCUT2D eigenvalue weighted by Gasteiger charge is 2.30. The molecule has 2 N–H and O–H groups in total. The summed E-state index contributed by atoms with van der Waals surface area (Å²) in [6.45, 7) is 6.11. The fraction of sp³-hybridized carbons (Fsp3) is 0.333. The SMILES string of the molecule is CCCCN(C)C(=O)c1ccc2c(c1)/C(=C(/Nc1ccc(CN3CCCCC3)cc1)c1ccccc1)C(=O)N2. The minimum Gasteiger partial charge on any atom is -0.354 e. The predicted octanol–water partition coefficient (Wildman–Crippen LogP) is 6.48. The van der Waals surface area contributed by atoms with Gasteiger partial charge in [-0.15, -0.1) is 0 Å². The van der Waals surface area contributed by atoms with Crippen molar-refractivity contribution in [3.63, 3.8) is 0 Å². The van der Waals surface area contributed by atoms with E-state index in [0.717, 1.165) is 60.7 Å². The Bertz CT molecular complexity index is 1340. The number of fused-ring (bicyclic) bond motifs is 1. The number of rotatable bonds is 9. The van der Waals surface area contributed by atoms with Gasteiger partial charge in [-0.25, -0.2) is 0 Å². The fourth-order valence-electron chi connectivity index (χ4n) is 5.36. The summed E-state index contributed by atoms with van der Waals surface area (Å²) in [4.78, 5) is 30.8. The standard InChI is InChI=1S/C33H38N4O2/c1-3-4-19-36(2)33(39)26-15-18-29-28(22-26)30(32(38)35-29)31(25-11-7-5-8-12-25)34-27-16-13-24(14-17-27)23-37-20-9-6-10-21-37/h5,7-8,11-18,22,34H,3-4,6,9-10,19-21,23H2,1-2H3,(H,35,38)/b31-30-. The molecule has 1 saturated heterocycles. The monoisotopic (exact) mass is 522 g/mol. The van der Waals surface area contributed by atoms with E-state index in [2.05, 4.69) is 46.7 Å². The van der Waals surface area contributed by atoms with Gasteiger partial charge in [0.15, 0.2) is 0 Å². The van der Waals surface area contributed by atoms with Crippen LogP contribution < -0.4 is 10.6 Å². The van der Waals surface area contributed by atoms with Crippen LogP contribution >= 0.6 is 0 Å². The zero-order valence-corrected chi connectivity index (χ0v) is 23.0. The molecule has 39 heavy (non-hydrogen) atoms. The maximum absolute atomic E-state index is 13.4. The van der Waals surface area contributed by atoms with E-state index in [1.807, 2.05) is 49.5 Å². The highest BCUT2D eigenvalue weighted by molar-refractivity contribution is 6.37. The summed E-state index contributed by atoms with van der Waals surface area (Å²) in [6, 6.07) is 23.9. The molecule has 202 valence electrons. The van der Waals surface area contributed by atoms with E-state index in [1.165, 1.54) is 24.8 Å². The van der Waals surface area contributed by atoms with E-state index >= 15 is 0 Å². The molecule has 3 aromatic rings. The molecule has 0 aliphatic carbocycles. The lowest BCUT2D eigenvalue weighted by Crippen LogP contribution is -2.29. The first-order valence-electron chi connectivity index (χ1n) is 14.1. The van der Waals surface area contributed by atoms with E-state index in [4.69, 9.17) is 0 Å². The summed E-state index contributed by atoms with van der Waals surface area (Å²) in [6.07, 6.45) is 5.87. The maximum Gasteiger partial charge on any atom is 0.258 e. The van der Waals surface area contributed by atoms with Gasteiger partial charge in [-0.1, -0.05) is 62.2 Å². The Morgan fingerprint density at radius 3 is 2.41 bits per heavy atom. The maximum atomic E-state index is 13.4. The third-order valence-electron chi connectivity index (χ3n) is 7.60. The molecule has 2 aliphatic heterocycles. The Hall–Kier alpha value is -3.90. The van der Waals surface area contributed by atoms with E-state index in [-0.39, 0.29) is 11.8 Å². The lowest BCUT2D eigenvalue weighted by atomic mass is 9.98. The number of benzene rings is 3. The number of likely N-dealkylation sites (tertiary alicyclic amines) is 1. The molecule has 0 radical (unpaired) electrons. The molecule has 6 heteroatoms. The summed E-state index contributed by atoms with van der Waals surface area (Å²) >= 11 is 0. The van der Waals surface area contributed by atoms with Gasteiger partial charge >= 0.3 is 0 Å². The fourth-order valence-corrected chi connectivity index (χ4v) is 5.36. The van der Waals surface area contributed by atoms with Crippen LogP contribution in [0.2, 0.25) is 0 Å². The van der Waals surface area contributed by atoms with Crippen molar-refractivity contribution < 1.29 is 9.59 Å². The Morgan fingerprint density at radius 2 is 1.69 bits per heavy atom. The zero-order chi connectivity index (χ0) is 27.2. The first kappa shape index (κ1) is 26.7. The molecule has 2 amide bonds. The van der Waals surface area contributed by atoms with Gasteiger partial charge in [0.25, 0.3) is 11.8 Å². The number of nitrogens with zero attached hydrogens (tertiary/aromatic N) is 2. The number of hydrogen-bond donors (Lipinski definition) is 2. The van der Waals surface area contributed by atoms with Crippen molar-refractivity contribution in [1.82, 2.24) is 9.80 Å². The van der Waals surface area contributed by atoms with Crippen LogP contribution in [0.15, 0.2) is 72.8 Å². The molecule has 0 unspecified atom stereocenters. The van der Waals surface area contributed by atoms with Crippen molar-refractivity contribution in [2.45, 2.75) is 45.6 Å². The van der Waals surface area contributed by atoms with E-state index in [1.54, 1.807) is 11.0 Å². The van der Waals surface area contributed by atoms with Crippen LogP contribution in [-0.4, -0.2) is 48.3 Å². The van der Waals surface area contributed by atoms with Crippen molar-refractivity contribution in [1.29, 1.82) is 0 Å². The smallest absolute Gasteiger partial charge is 0.258 e. The molecular formula is C33H38N4O2. The highest BCUT2D eigenvalue weighted by atomic mass is 16.2. The van der Waals surface area contributed by atoms with Crippen LogP contribution in [0.25, 0.3) is 11.3 Å². The van der Waals surface area contributed by atoms with Gasteiger partial charge in [-0.2, -0.15) is 0 Å². The lowest BCUT2D eigenvalue weighted by Gasteiger charge is -2.26. The molecule has 0 bridgehead atoms. The summed E-state index contributed by atoms with van der Waals surface area (Å²) in [5, 5.41) is 6.55. The molecule has 6 nitrogen and oxygen atoms in total. The second-order valence-corrected chi connectivity index (χ2v) is 10.6. The number of carbonyl (C=O) groups excluding carboxylic acids is 2. The van der Waals surface area contributed by atoms with Gasteiger partial charge < -0.3 is 15.5 Å². The largest absolute Gasteiger partial charge is 0.354 e. The van der Waals surface area contributed by atoms with Gasteiger partial charge in [0, 0.05) is 42.6 Å². The van der Waals surface area contributed by atoms with Crippen LogP contribution in [0.1, 0.15) is 66.1 Å². The van der Waals surface area contributed by atoms with Gasteiger partial charge in [0.1, 0.15) is 0 Å². The Morgan fingerprint density at radius 1 is 0.949 bits per heavy atom. The number of carbonyl (C=O) groups is 2. The normalized spacial score (nSPS) is 16.4. The van der Waals surface area contributed by atoms with Crippen molar-refractivity contribution >= 4 is 34.5 Å². The number of hydrogen-bond acceptors (Lipinski definition) is 4. The Balaban J connectivity index is 1.47. The van der Waals surface area contributed by atoms with E-state index in [9.17, 15) is 9.59 Å². The number of amides is 2. The molecule has 0 aromatic heterocycles. The minimum absolute atomic E-state index is 0.0385. The third-order valence-corrected chi connectivity index (χ3v) is 7.60. The van der Waals surface area contributed by atoms with E-state index in [0.29, 0.717) is 17.7 Å². The molecule has 0 spiro atoms. The summed E-state index contributed by atoms with van der Waals surface area (Å²) in [7, 11) is 1.83. The van der Waals surface area contributed by atoms with Crippen LogP contribution in [0, 0.1) is 0 Å². The number of nitrogens with one attached hydrogen (secondary N) is 2. The van der Waals surface area contributed by atoms with Crippen LogP contribution in [-0.2, 0) is 11.3 Å². The molecule has 1 fully saturated rings. The Kier molecular flexibility index (Phi) is 8.42. The summed E-state index contributed by atoms with van der Waals surface area (Å²) in [5.74, 6) is -0.217. The third kappa shape index (κ3) is 6.23. The second-order valence-electron chi connectivity index (χ2n) is 10.6. The molecular weight excluding hydrogens is 484 g/mol. The van der Waals surface area contributed by atoms with Crippen molar-refractivity contribution in [3.8, 4) is 0 Å². The van der Waals surface area contributed by atoms with Crippen molar-refractivity contribution in [2.75, 3.05) is 37.3 Å². The molecule has 0 atom stereocenters. The number of piperidine rings is 1. The van der Waals surface area contributed by atoms with Crippen LogP contribution in [0.3, 0.4) is 0 Å². The second kappa shape index (κ2) is 12.3. The van der Waals surface area contributed by atoms with Crippen LogP contribution in [0.4, 0.5) is 11.4 Å². The Labute approximate surface area is 231 Å². The first-order valence-corrected chi connectivity index (χ1v) is 14.1. The number of unbranched alkanes of at least 4 members (excludes halogenated alkanes) is 1. The lowest BCUT2D eigenvalue weighted by molar-refractivity contribution is -0.110. The minimum atomic E-state index is -0.179. The first-order chi connectivity index (χ1) is 19.0.